The van der Waals surface area contributed by atoms with Gasteiger partial charge in [-0.25, -0.2) is 8.42 Å². The smallest absolute Gasteiger partial charge is 0.291 e. The first-order valence-electron chi connectivity index (χ1n) is 9.22. The molecule has 32 heavy (non-hydrogen) atoms. The van der Waals surface area contributed by atoms with Crippen LogP contribution in [0.1, 0.15) is 10.6 Å². The van der Waals surface area contributed by atoms with Crippen LogP contribution in [0.3, 0.4) is 0 Å². The maximum Gasteiger partial charge on any atom is 0.291 e. The zero-order valence-corrected chi connectivity index (χ0v) is 18.9. The Bertz CT molecular complexity index is 1400. The lowest BCUT2D eigenvalue weighted by molar-refractivity contribution is 0.0998. The molecule has 0 radical (unpaired) electrons. The van der Waals surface area contributed by atoms with E-state index < -0.39 is 15.9 Å². The summed E-state index contributed by atoms with van der Waals surface area (Å²) in [5, 5.41) is 4.01. The fourth-order valence-corrected chi connectivity index (χ4v) is 4.61. The Morgan fingerprint density at radius 1 is 0.938 bits per heavy atom. The second-order valence-corrected chi connectivity index (χ2v) is 9.29. The van der Waals surface area contributed by atoms with Crippen LogP contribution in [-0.2, 0) is 10.0 Å². The number of carbonyl (C=O) groups is 1. The molecule has 3 aromatic carbocycles. The van der Waals surface area contributed by atoms with Crippen molar-refractivity contribution < 1.29 is 22.4 Å². The third-order valence-corrected chi connectivity index (χ3v) is 6.32. The van der Waals surface area contributed by atoms with Gasteiger partial charge in [0.25, 0.3) is 15.9 Å². The number of benzene rings is 3. The molecule has 0 saturated carbocycles. The zero-order chi connectivity index (χ0) is 22.9. The Morgan fingerprint density at radius 2 is 1.62 bits per heavy atom. The molecule has 4 rings (SSSR count). The minimum Gasteiger partial charge on any atom is -0.493 e. The molecule has 7 nitrogen and oxygen atoms in total. The summed E-state index contributed by atoms with van der Waals surface area (Å²) in [6.07, 6.45) is 0. The minimum absolute atomic E-state index is 0.0000652. The number of fused-ring (bicyclic) bond motifs is 1. The van der Waals surface area contributed by atoms with Gasteiger partial charge in [0.15, 0.2) is 17.1 Å². The molecule has 164 valence electrons. The van der Waals surface area contributed by atoms with Crippen molar-refractivity contribution in [3.05, 3.63) is 82.5 Å². The van der Waals surface area contributed by atoms with E-state index in [0.717, 1.165) is 5.39 Å². The van der Waals surface area contributed by atoms with Crippen molar-refractivity contribution in [3.8, 4) is 5.75 Å². The highest BCUT2D eigenvalue weighted by molar-refractivity contribution is 7.92. The van der Waals surface area contributed by atoms with Crippen molar-refractivity contribution >= 4 is 61.5 Å². The predicted octanol–water partition coefficient (Wildman–Crippen LogP) is 5.80. The van der Waals surface area contributed by atoms with E-state index in [2.05, 4.69) is 10.0 Å². The number of rotatable bonds is 6. The Balaban J connectivity index is 1.50. The van der Waals surface area contributed by atoms with Gasteiger partial charge in [0, 0.05) is 21.1 Å². The minimum atomic E-state index is -3.88. The van der Waals surface area contributed by atoms with Crippen LogP contribution < -0.4 is 14.8 Å². The lowest BCUT2D eigenvalue weighted by atomic mass is 10.2. The molecule has 0 saturated heterocycles. The predicted molar refractivity (Wildman–Crippen MR) is 124 cm³/mol. The van der Waals surface area contributed by atoms with Crippen LogP contribution >= 0.6 is 23.2 Å². The number of furan rings is 1. The van der Waals surface area contributed by atoms with Gasteiger partial charge in [-0.05, 0) is 54.6 Å². The molecule has 0 aliphatic heterocycles. The summed E-state index contributed by atoms with van der Waals surface area (Å²) in [5.41, 5.74) is 1.10. The molecule has 1 aromatic heterocycles. The van der Waals surface area contributed by atoms with Gasteiger partial charge < -0.3 is 14.5 Å². The maximum absolute atomic E-state index is 12.6. The van der Waals surface area contributed by atoms with Crippen molar-refractivity contribution in [2.45, 2.75) is 4.90 Å². The van der Waals surface area contributed by atoms with Crippen LogP contribution in [0.15, 0.2) is 76.0 Å². The molecule has 0 aliphatic rings. The number of hydrogen-bond donors (Lipinski definition) is 2. The van der Waals surface area contributed by atoms with E-state index in [1.54, 1.807) is 24.3 Å². The number of ether oxygens (including phenoxy) is 1. The van der Waals surface area contributed by atoms with Gasteiger partial charge in [-0.15, -0.1) is 0 Å². The fraction of sp³-hybridized carbons (Fsp3) is 0.0455. The third kappa shape index (κ3) is 4.67. The summed E-state index contributed by atoms with van der Waals surface area (Å²) in [7, 11) is -2.37. The second kappa shape index (κ2) is 8.74. The van der Waals surface area contributed by atoms with Gasteiger partial charge in [0.05, 0.1) is 17.7 Å². The molecule has 0 aliphatic carbocycles. The fourth-order valence-electron chi connectivity index (χ4n) is 3.05. The number of anilines is 2. The topological polar surface area (TPSA) is 97.6 Å². The van der Waals surface area contributed by atoms with Crippen LogP contribution in [0.5, 0.6) is 5.75 Å². The Labute approximate surface area is 193 Å². The Kier molecular flexibility index (Phi) is 6.01. The number of sulfonamides is 1. The zero-order valence-electron chi connectivity index (χ0n) is 16.6. The number of halogens is 2. The molecule has 0 bridgehead atoms. The number of amides is 1. The van der Waals surface area contributed by atoms with Gasteiger partial charge in [-0.1, -0.05) is 35.3 Å². The largest absolute Gasteiger partial charge is 0.493 e. The van der Waals surface area contributed by atoms with E-state index in [0.29, 0.717) is 27.1 Å². The average Bonchev–Trinajstić information content (AvgIpc) is 3.17. The van der Waals surface area contributed by atoms with E-state index in [1.807, 2.05) is 0 Å². The summed E-state index contributed by atoms with van der Waals surface area (Å²) in [5.74, 6) is 0.135. The van der Waals surface area contributed by atoms with Crippen LogP contribution in [0.25, 0.3) is 11.0 Å². The lowest BCUT2D eigenvalue weighted by Crippen LogP contribution is -2.14. The molecule has 2 N–H and O–H groups in total. The van der Waals surface area contributed by atoms with Gasteiger partial charge >= 0.3 is 0 Å². The SMILES string of the molecule is COc1cccc2cc(C(=O)Nc3ccc(S(=O)(=O)Nc4cc(Cl)cc(Cl)c4)cc3)oc12. The van der Waals surface area contributed by atoms with Crippen molar-refractivity contribution in [1.82, 2.24) is 0 Å². The highest BCUT2D eigenvalue weighted by atomic mass is 35.5. The van der Waals surface area contributed by atoms with E-state index in [-0.39, 0.29) is 16.3 Å². The first-order chi connectivity index (χ1) is 15.2. The van der Waals surface area contributed by atoms with Crippen LogP contribution in [0, 0.1) is 0 Å². The molecular formula is C22H16Cl2N2O5S. The van der Waals surface area contributed by atoms with Gasteiger partial charge in [-0.2, -0.15) is 0 Å². The number of carbonyl (C=O) groups excluding carboxylic acids is 1. The van der Waals surface area contributed by atoms with Gasteiger partial charge in [0.2, 0.25) is 0 Å². The monoisotopic (exact) mass is 490 g/mol. The molecule has 1 amide bonds. The summed E-state index contributed by atoms with van der Waals surface area (Å²) in [6.45, 7) is 0. The van der Waals surface area contributed by atoms with Gasteiger partial charge in [-0.3, -0.25) is 9.52 Å². The van der Waals surface area contributed by atoms with E-state index in [9.17, 15) is 13.2 Å². The molecule has 10 heteroatoms. The highest BCUT2D eigenvalue weighted by Crippen LogP contribution is 2.29. The van der Waals surface area contributed by atoms with Crippen molar-refractivity contribution in [1.29, 1.82) is 0 Å². The molecule has 0 spiro atoms. The van der Waals surface area contributed by atoms with E-state index in [4.69, 9.17) is 32.4 Å². The molecule has 0 unspecified atom stereocenters. The van der Waals surface area contributed by atoms with Gasteiger partial charge in [0.1, 0.15) is 0 Å². The first kappa shape index (κ1) is 22.0. The van der Waals surface area contributed by atoms with Crippen LogP contribution in [-0.4, -0.2) is 21.4 Å². The Morgan fingerprint density at radius 3 is 2.28 bits per heavy atom. The van der Waals surface area contributed by atoms with E-state index in [1.165, 1.54) is 49.6 Å². The maximum atomic E-state index is 12.6. The molecule has 0 atom stereocenters. The number of methoxy groups -OCH3 is 1. The van der Waals surface area contributed by atoms with Crippen molar-refractivity contribution in [2.24, 2.45) is 0 Å². The summed E-state index contributed by atoms with van der Waals surface area (Å²) >= 11 is 11.8. The number of para-hydroxylation sites is 1. The van der Waals surface area contributed by atoms with E-state index >= 15 is 0 Å². The number of nitrogens with one attached hydrogen (secondary N) is 2. The first-order valence-corrected chi connectivity index (χ1v) is 11.5. The Hall–Kier alpha value is -3.20. The molecule has 4 aromatic rings. The second-order valence-electron chi connectivity index (χ2n) is 6.73. The molecular weight excluding hydrogens is 475 g/mol. The highest BCUT2D eigenvalue weighted by Gasteiger charge is 2.17. The van der Waals surface area contributed by atoms with Crippen LogP contribution in [0.4, 0.5) is 11.4 Å². The van der Waals surface area contributed by atoms with Crippen molar-refractivity contribution in [3.63, 3.8) is 0 Å². The molecule has 0 fully saturated rings. The average molecular weight is 491 g/mol. The number of hydrogen-bond acceptors (Lipinski definition) is 5. The third-order valence-electron chi connectivity index (χ3n) is 4.49. The summed E-state index contributed by atoms with van der Waals surface area (Å²) in [6, 6.07) is 17.0. The quantitative estimate of drug-likeness (QED) is 0.355. The standard InChI is InChI=1S/C22H16Cl2N2O5S/c1-30-19-4-2-3-13-9-20(31-21(13)19)22(27)25-16-5-7-18(8-6-16)32(28,29)26-17-11-14(23)10-15(24)12-17/h2-12,26H,1H3,(H,25,27). The summed E-state index contributed by atoms with van der Waals surface area (Å²) in [4.78, 5) is 12.6. The lowest BCUT2D eigenvalue weighted by Gasteiger charge is -2.10. The molecule has 1 heterocycles. The van der Waals surface area contributed by atoms with Crippen LogP contribution in [0.2, 0.25) is 10.0 Å². The normalized spacial score (nSPS) is 11.3. The van der Waals surface area contributed by atoms with Crippen molar-refractivity contribution in [2.75, 3.05) is 17.1 Å². The summed E-state index contributed by atoms with van der Waals surface area (Å²) < 4.78 is 38.5.